The third kappa shape index (κ3) is 2.90. The van der Waals surface area contributed by atoms with E-state index in [1.807, 2.05) is 31.2 Å². The minimum Gasteiger partial charge on any atom is -0.345 e. The van der Waals surface area contributed by atoms with Gasteiger partial charge >= 0.3 is 0 Å². The van der Waals surface area contributed by atoms with E-state index in [-0.39, 0.29) is 5.91 Å². The number of hydrogen-bond donors (Lipinski definition) is 2. The Kier molecular flexibility index (Phi) is 3.57. The van der Waals surface area contributed by atoms with Crippen LogP contribution in [-0.2, 0) is 0 Å². The molecule has 120 valence electrons. The highest BCUT2D eigenvalue weighted by molar-refractivity contribution is 6.03. The van der Waals surface area contributed by atoms with E-state index in [1.165, 1.54) is 0 Å². The van der Waals surface area contributed by atoms with Gasteiger partial charge in [-0.1, -0.05) is 6.07 Å². The van der Waals surface area contributed by atoms with Crippen LogP contribution in [-0.4, -0.2) is 25.8 Å². The van der Waals surface area contributed by atoms with E-state index >= 15 is 0 Å². The second-order valence-electron chi connectivity index (χ2n) is 6.00. The molecule has 4 rings (SSSR count). The quantitative estimate of drug-likeness (QED) is 0.773. The van der Waals surface area contributed by atoms with E-state index in [9.17, 15) is 4.79 Å². The zero-order chi connectivity index (χ0) is 16.5. The zero-order valence-corrected chi connectivity index (χ0v) is 13.3. The van der Waals surface area contributed by atoms with Crippen LogP contribution < -0.4 is 5.32 Å². The molecule has 3 aromatic rings. The van der Waals surface area contributed by atoms with E-state index in [4.69, 9.17) is 0 Å². The minimum atomic E-state index is -0.244. The fourth-order valence-corrected chi connectivity index (χ4v) is 2.64. The maximum atomic E-state index is 12.5. The molecule has 1 fully saturated rings. The summed E-state index contributed by atoms with van der Waals surface area (Å²) in [6.07, 6.45) is 7.46. The highest BCUT2D eigenvalue weighted by Gasteiger charge is 2.28. The molecule has 24 heavy (non-hydrogen) atoms. The number of pyridine rings is 2. The van der Waals surface area contributed by atoms with Crippen LogP contribution in [0.25, 0.3) is 11.1 Å². The minimum absolute atomic E-state index is 0.244. The molecule has 3 heterocycles. The number of rotatable bonds is 4. The number of amides is 1. The predicted octanol–water partition coefficient (Wildman–Crippen LogP) is 3.30. The Morgan fingerprint density at radius 3 is 2.88 bits per heavy atom. The van der Waals surface area contributed by atoms with Gasteiger partial charge in [-0.25, -0.2) is 9.97 Å². The summed E-state index contributed by atoms with van der Waals surface area (Å²) in [5.74, 6) is 1.65. The molecule has 1 saturated carbocycles. The molecule has 2 N–H and O–H groups in total. The maximum Gasteiger partial charge on any atom is 0.277 e. The number of aromatic nitrogens is 4. The van der Waals surface area contributed by atoms with Gasteiger partial charge in [0.1, 0.15) is 17.3 Å². The third-order valence-corrected chi connectivity index (χ3v) is 4.08. The Bertz CT molecular complexity index is 883. The highest BCUT2D eigenvalue weighted by atomic mass is 16.2. The van der Waals surface area contributed by atoms with Crippen molar-refractivity contribution in [2.45, 2.75) is 25.7 Å². The summed E-state index contributed by atoms with van der Waals surface area (Å²) in [6.45, 7) is 1.87. The molecule has 0 unspecified atom stereocenters. The lowest BCUT2D eigenvalue weighted by atomic mass is 10.1. The number of nitrogens with one attached hydrogen (secondary N) is 2. The fourth-order valence-electron chi connectivity index (χ4n) is 2.64. The molecule has 6 nitrogen and oxygen atoms in total. The molecule has 0 saturated heterocycles. The van der Waals surface area contributed by atoms with Crippen LogP contribution in [0.4, 0.5) is 5.82 Å². The number of aryl methyl sites for hydroxylation is 1. The standard InChI is InChI=1S/C18H17N5O/c1-11-16(23-17(21-11)12-4-5-12)18(24)22-15-9-13(6-8-20-15)14-3-2-7-19-10-14/h2-3,6-10,12H,4-5H2,1H3,(H,21,23)(H,20,22,24). The van der Waals surface area contributed by atoms with Crippen LogP contribution in [0, 0.1) is 6.92 Å². The maximum absolute atomic E-state index is 12.5. The number of hydrogen-bond acceptors (Lipinski definition) is 4. The van der Waals surface area contributed by atoms with Crippen molar-refractivity contribution in [2.24, 2.45) is 0 Å². The molecular formula is C18H17N5O. The number of H-pyrrole nitrogens is 1. The normalized spacial score (nSPS) is 13.7. The van der Waals surface area contributed by atoms with Gasteiger partial charge in [-0.15, -0.1) is 0 Å². The largest absolute Gasteiger partial charge is 0.345 e. The molecule has 6 heteroatoms. The summed E-state index contributed by atoms with van der Waals surface area (Å²) < 4.78 is 0. The molecule has 0 atom stereocenters. The molecule has 0 spiro atoms. The topological polar surface area (TPSA) is 83.6 Å². The lowest BCUT2D eigenvalue weighted by Gasteiger charge is -2.06. The van der Waals surface area contributed by atoms with Gasteiger partial charge in [0, 0.05) is 35.8 Å². The Morgan fingerprint density at radius 2 is 2.12 bits per heavy atom. The monoisotopic (exact) mass is 319 g/mol. The first kappa shape index (κ1) is 14.6. The van der Waals surface area contributed by atoms with Crippen molar-refractivity contribution < 1.29 is 4.79 Å². The molecule has 1 aliphatic rings. The molecule has 1 aliphatic carbocycles. The van der Waals surface area contributed by atoms with Gasteiger partial charge in [-0.3, -0.25) is 9.78 Å². The Balaban J connectivity index is 1.56. The van der Waals surface area contributed by atoms with E-state index in [2.05, 4.69) is 25.3 Å². The summed E-state index contributed by atoms with van der Waals surface area (Å²) in [6, 6.07) is 7.56. The second kappa shape index (κ2) is 5.88. The van der Waals surface area contributed by atoms with Crippen molar-refractivity contribution in [3.63, 3.8) is 0 Å². The van der Waals surface area contributed by atoms with E-state index in [1.54, 1.807) is 18.6 Å². The van der Waals surface area contributed by atoms with Crippen LogP contribution in [0.5, 0.6) is 0 Å². The summed E-state index contributed by atoms with van der Waals surface area (Å²) in [7, 11) is 0. The molecule has 0 bridgehead atoms. The predicted molar refractivity (Wildman–Crippen MR) is 90.7 cm³/mol. The molecule has 0 aromatic carbocycles. The average molecular weight is 319 g/mol. The number of aromatic amines is 1. The van der Waals surface area contributed by atoms with E-state index < -0.39 is 0 Å². The summed E-state index contributed by atoms with van der Waals surface area (Å²) in [4.78, 5) is 28.5. The van der Waals surface area contributed by atoms with Crippen molar-refractivity contribution in [1.82, 2.24) is 19.9 Å². The van der Waals surface area contributed by atoms with Crippen LogP contribution in [0.3, 0.4) is 0 Å². The number of carbonyl (C=O) groups is 1. The SMILES string of the molecule is Cc1[nH]c(C2CC2)nc1C(=O)Nc1cc(-c2cccnc2)ccn1. The lowest BCUT2D eigenvalue weighted by molar-refractivity contribution is 0.102. The van der Waals surface area contributed by atoms with Crippen LogP contribution in [0.2, 0.25) is 0 Å². The number of anilines is 1. The van der Waals surface area contributed by atoms with Gasteiger partial charge in [0.05, 0.1) is 0 Å². The highest BCUT2D eigenvalue weighted by Crippen LogP contribution is 2.38. The fraction of sp³-hybridized carbons (Fsp3) is 0.222. The van der Waals surface area contributed by atoms with Gasteiger partial charge in [-0.05, 0) is 43.5 Å². The van der Waals surface area contributed by atoms with Crippen molar-refractivity contribution in [3.8, 4) is 11.1 Å². The van der Waals surface area contributed by atoms with Crippen LogP contribution in [0.1, 0.15) is 40.8 Å². The van der Waals surface area contributed by atoms with Gasteiger partial charge < -0.3 is 10.3 Å². The number of nitrogens with zero attached hydrogens (tertiary/aromatic N) is 3. The summed E-state index contributed by atoms with van der Waals surface area (Å²) in [5, 5.41) is 2.83. The van der Waals surface area contributed by atoms with Gasteiger partial charge in [-0.2, -0.15) is 0 Å². The van der Waals surface area contributed by atoms with Crippen molar-refractivity contribution in [1.29, 1.82) is 0 Å². The molecular weight excluding hydrogens is 302 g/mol. The Hall–Kier alpha value is -3.02. The lowest BCUT2D eigenvalue weighted by Crippen LogP contribution is -2.14. The average Bonchev–Trinajstić information content (AvgIpc) is 3.38. The van der Waals surface area contributed by atoms with E-state index in [0.29, 0.717) is 17.4 Å². The van der Waals surface area contributed by atoms with Gasteiger partial charge in [0.2, 0.25) is 0 Å². The van der Waals surface area contributed by atoms with Crippen molar-refractivity contribution >= 4 is 11.7 Å². The van der Waals surface area contributed by atoms with Crippen LogP contribution >= 0.6 is 0 Å². The Labute approximate surface area is 139 Å². The second-order valence-corrected chi connectivity index (χ2v) is 6.00. The Morgan fingerprint density at radius 1 is 1.25 bits per heavy atom. The first-order chi connectivity index (χ1) is 11.7. The molecule has 3 aromatic heterocycles. The number of carbonyl (C=O) groups excluding carboxylic acids is 1. The smallest absolute Gasteiger partial charge is 0.277 e. The first-order valence-corrected chi connectivity index (χ1v) is 7.95. The molecule has 0 radical (unpaired) electrons. The van der Waals surface area contributed by atoms with E-state index in [0.717, 1.165) is 35.5 Å². The molecule has 1 amide bonds. The van der Waals surface area contributed by atoms with Gasteiger partial charge in [0.15, 0.2) is 0 Å². The summed E-state index contributed by atoms with van der Waals surface area (Å²) in [5.41, 5.74) is 3.15. The van der Waals surface area contributed by atoms with Gasteiger partial charge in [0.25, 0.3) is 5.91 Å². The third-order valence-electron chi connectivity index (χ3n) is 4.08. The van der Waals surface area contributed by atoms with Crippen molar-refractivity contribution in [2.75, 3.05) is 5.32 Å². The molecule has 0 aliphatic heterocycles. The summed E-state index contributed by atoms with van der Waals surface area (Å²) >= 11 is 0. The zero-order valence-electron chi connectivity index (χ0n) is 13.3. The number of imidazole rings is 1. The van der Waals surface area contributed by atoms with Crippen LogP contribution in [0.15, 0.2) is 42.9 Å². The van der Waals surface area contributed by atoms with Crippen molar-refractivity contribution in [3.05, 3.63) is 60.1 Å². The first-order valence-electron chi connectivity index (χ1n) is 7.95.